The predicted molar refractivity (Wildman–Crippen MR) is 56.7 cm³/mol. The molecule has 0 radical (unpaired) electrons. The molecule has 0 saturated heterocycles. The molecule has 0 aliphatic carbocycles. The van der Waals surface area contributed by atoms with Gasteiger partial charge in [0.05, 0.1) is 0 Å². The summed E-state index contributed by atoms with van der Waals surface area (Å²) in [5, 5.41) is 15.9. The molecule has 16 heavy (non-hydrogen) atoms. The number of carboxylic acids is 1. The standard InChI is InChI=1S/C9H11N5O2/c1-3-6-12-9-11-5(8(15)16)4-7(10-2)14(9)13-6/h4,10H,3H2,1-2H3,(H,15,16). The summed E-state index contributed by atoms with van der Waals surface area (Å²) >= 11 is 0. The van der Waals surface area contributed by atoms with Crippen molar-refractivity contribution in [3.05, 3.63) is 17.6 Å². The maximum Gasteiger partial charge on any atom is 0.354 e. The summed E-state index contributed by atoms with van der Waals surface area (Å²) in [5.41, 5.74) is -0.0492. The fourth-order valence-corrected chi connectivity index (χ4v) is 1.35. The summed E-state index contributed by atoms with van der Waals surface area (Å²) in [5.74, 6) is 0.391. The molecule has 0 spiro atoms. The zero-order chi connectivity index (χ0) is 11.7. The first-order valence-corrected chi connectivity index (χ1v) is 4.83. The maximum absolute atomic E-state index is 10.8. The number of carboxylic acid groups (broad SMARTS) is 1. The maximum atomic E-state index is 10.8. The molecule has 7 heteroatoms. The van der Waals surface area contributed by atoms with E-state index in [1.807, 2.05) is 6.92 Å². The zero-order valence-electron chi connectivity index (χ0n) is 8.93. The van der Waals surface area contributed by atoms with Gasteiger partial charge >= 0.3 is 5.97 Å². The smallest absolute Gasteiger partial charge is 0.354 e. The topological polar surface area (TPSA) is 92.4 Å². The van der Waals surface area contributed by atoms with E-state index in [9.17, 15) is 4.79 Å². The molecular weight excluding hydrogens is 210 g/mol. The number of anilines is 1. The van der Waals surface area contributed by atoms with E-state index in [4.69, 9.17) is 5.11 Å². The summed E-state index contributed by atoms with van der Waals surface area (Å²) < 4.78 is 1.49. The summed E-state index contributed by atoms with van der Waals surface area (Å²) in [6.45, 7) is 1.92. The molecule has 0 fully saturated rings. The van der Waals surface area contributed by atoms with Crippen molar-refractivity contribution in [3.63, 3.8) is 0 Å². The van der Waals surface area contributed by atoms with E-state index in [1.165, 1.54) is 10.6 Å². The van der Waals surface area contributed by atoms with Crippen molar-refractivity contribution in [2.45, 2.75) is 13.3 Å². The van der Waals surface area contributed by atoms with Crippen LogP contribution in [0.5, 0.6) is 0 Å². The molecule has 0 unspecified atom stereocenters. The molecule has 0 atom stereocenters. The average molecular weight is 221 g/mol. The van der Waals surface area contributed by atoms with E-state index in [2.05, 4.69) is 20.4 Å². The second-order valence-corrected chi connectivity index (χ2v) is 3.18. The summed E-state index contributed by atoms with van der Waals surface area (Å²) in [7, 11) is 1.69. The highest BCUT2D eigenvalue weighted by molar-refractivity contribution is 5.86. The highest BCUT2D eigenvalue weighted by Gasteiger charge is 2.13. The van der Waals surface area contributed by atoms with Gasteiger partial charge in [-0.05, 0) is 0 Å². The van der Waals surface area contributed by atoms with Gasteiger partial charge in [0.15, 0.2) is 11.5 Å². The van der Waals surface area contributed by atoms with Crippen LogP contribution in [-0.2, 0) is 6.42 Å². The minimum Gasteiger partial charge on any atom is -0.477 e. The minimum absolute atomic E-state index is 0.0492. The van der Waals surface area contributed by atoms with Crippen molar-refractivity contribution in [2.24, 2.45) is 0 Å². The van der Waals surface area contributed by atoms with Crippen molar-refractivity contribution in [1.29, 1.82) is 0 Å². The highest BCUT2D eigenvalue weighted by Crippen LogP contribution is 2.11. The first kappa shape index (κ1) is 10.3. The van der Waals surface area contributed by atoms with Crippen LogP contribution in [-0.4, -0.2) is 37.7 Å². The number of aromatic carboxylic acids is 1. The molecule has 0 aliphatic rings. The van der Waals surface area contributed by atoms with E-state index in [0.717, 1.165) is 0 Å². The molecule has 2 rings (SSSR count). The monoisotopic (exact) mass is 221 g/mol. The van der Waals surface area contributed by atoms with Gasteiger partial charge in [0.2, 0.25) is 0 Å². The van der Waals surface area contributed by atoms with Crippen molar-refractivity contribution < 1.29 is 9.90 Å². The number of carbonyl (C=O) groups is 1. The van der Waals surface area contributed by atoms with Crippen LogP contribution in [0.1, 0.15) is 23.2 Å². The second kappa shape index (κ2) is 3.76. The average Bonchev–Trinajstić information content (AvgIpc) is 2.70. The lowest BCUT2D eigenvalue weighted by Gasteiger charge is -2.02. The second-order valence-electron chi connectivity index (χ2n) is 3.18. The minimum atomic E-state index is -1.08. The van der Waals surface area contributed by atoms with Gasteiger partial charge < -0.3 is 10.4 Å². The lowest BCUT2D eigenvalue weighted by Crippen LogP contribution is -2.07. The van der Waals surface area contributed by atoms with E-state index < -0.39 is 5.97 Å². The first-order valence-electron chi connectivity index (χ1n) is 4.83. The molecule has 7 nitrogen and oxygen atoms in total. The Kier molecular flexibility index (Phi) is 2.43. The molecule has 0 amide bonds. The zero-order valence-corrected chi connectivity index (χ0v) is 8.93. The highest BCUT2D eigenvalue weighted by atomic mass is 16.4. The molecule has 0 bridgehead atoms. The van der Waals surface area contributed by atoms with Crippen LogP contribution in [0.25, 0.3) is 5.78 Å². The number of nitrogens with zero attached hydrogens (tertiary/aromatic N) is 4. The van der Waals surface area contributed by atoms with Crippen molar-refractivity contribution in [3.8, 4) is 0 Å². The van der Waals surface area contributed by atoms with Gasteiger partial charge in [-0.1, -0.05) is 6.92 Å². The van der Waals surface area contributed by atoms with Crippen LogP contribution in [0.3, 0.4) is 0 Å². The number of nitrogens with one attached hydrogen (secondary N) is 1. The Morgan fingerprint density at radius 3 is 2.88 bits per heavy atom. The van der Waals surface area contributed by atoms with E-state index in [0.29, 0.717) is 23.8 Å². The number of aryl methyl sites for hydroxylation is 1. The Morgan fingerprint density at radius 1 is 1.56 bits per heavy atom. The van der Waals surface area contributed by atoms with Gasteiger partial charge in [0, 0.05) is 19.5 Å². The summed E-state index contributed by atoms with van der Waals surface area (Å²) in [4.78, 5) is 18.9. The van der Waals surface area contributed by atoms with Crippen molar-refractivity contribution >= 4 is 17.6 Å². The van der Waals surface area contributed by atoms with Crippen LogP contribution >= 0.6 is 0 Å². The lowest BCUT2D eigenvalue weighted by molar-refractivity contribution is 0.0690. The fraction of sp³-hybridized carbons (Fsp3) is 0.333. The third-order valence-corrected chi connectivity index (χ3v) is 2.15. The number of hydrogen-bond acceptors (Lipinski definition) is 5. The van der Waals surface area contributed by atoms with E-state index >= 15 is 0 Å². The molecule has 2 N–H and O–H groups in total. The molecule has 2 aromatic rings. The Bertz CT molecular complexity index is 548. The molecule has 84 valence electrons. The van der Waals surface area contributed by atoms with Gasteiger partial charge in [0.25, 0.3) is 5.78 Å². The van der Waals surface area contributed by atoms with Crippen molar-refractivity contribution in [1.82, 2.24) is 19.6 Å². The molecule has 2 heterocycles. The van der Waals surface area contributed by atoms with Crippen LogP contribution in [0.2, 0.25) is 0 Å². The molecular formula is C9H11N5O2. The first-order chi connectivity index (χ1) is 7.65. The fourth-order valence-electron chi connectivity index (χ4n) is 1.35. The van der Waals surface area contributed by atoms with Crippen LogP contribution < -0.4 is 5.32 Å². The predicted octanol–water partition coefficient (Wildman–Crippen LogP) is 0.427. The van der Waals surface area contributed by atoms with Gasteiger partial charge in [0.1, 0.15) is 5.82 Å². The number of rotatable bonds is 3. The number of hydrogen-bond donors (Lipinski definition) is 2. The largest absolute Gasteiger partial charge is 0.477 e. The SMILES string of the molecule is CCc1nc2nc(C(=O)O)cc(NC)n2n1. The summed E-state index contributed by atoms with van der Waals surface area (Å²) in [6, 6.07) is 1.42. The Balaban J connectivity index is 2.70. The van der Waals surface area contributed by atoms with Crippen molar-refractivity contribution in [2.75, 3.05) is 12.4 Å². The van der Waals surface area contributed by atoms with Gasteiger partial charge in [-0.3, -0.25) is 0 Å². The normalized spacial score (nSPS) is 10.6. The molecule has 0 aliphatic heterocycles. The third-order valence-electron chi connectivity index (χ3n) is 2.15. The lowest BCUT2D eigenvalue weighted by atomic mass is 10.4. The molecule has 2 aromatic heterocycles. The molecule has 0 saturated carbocycles. The van der Waals surface area contributed by atoms with Gasteiger partial charge in [-0.15, -0.1) is 5.10 Å². The van der Waals surface area contributed by atoms with Crippen LogP contribution in [0.4, 0.5) is 5.82 Å². The van der Waals surface area contributed by atoms with Crippen LogP contribution in [0.15, 0.2) is 6.07 Å². The van der Waals surface area contributed by atoms with Gasteiger partial charge in [-0.25, -0.2) is 9.78 Å². The Hall–Kier alpha value is -2.18. The molecule has 0 aromatic carbocycles. The Morgan fingerprint density at radius 2 is 2.31 bits per heavy atom. The third kappa shape index (κ3) is 1.56. The number of fused-ring (bicyclic) bond motifs is 1. The van der Waals surface area contributed by atoms with Gasteiger partial charge in [-0.2, -0.15) is 9.50 Å². The van der Waals surface area contributed by atoms with E-state index in [-0.39, 0.29) is 5.69 Å². The van der Waals surface area contributed by atoms with Crippen LogP contribution in [0, 0.1) is 0 Å². The summed E-state index contributed by atoms with van der Waals surface area (Å²) in [6.07, 6.45) is 0.676. The number of aromatic nitrogens is 4. The quantitative estimate of drug-likeness (QED) is 0.780. The Labute approximate surface area is 91.1 Å². The van der Waals surface area contributed by atoms with E-state index in [1.54, 1.807) is 7.05 Å².